The van der Waals surface area contributed by atoms with Crippen LogP contribution in [-0.4, -0.2) is 30.8 Å². The highest BCUT2D eigenvalue weighted by atomic mass is 35.5. The van der Waals surface area contributed by atoms with Crippen molar-refractivity contribution in [3.05, 3.63) is 35.9 Å². The Morgan fingerprint density at radius 2 is 1.83 bits per heavy atom. The van der Waals surface area contributed by atoms with Gasteiger partial charge in [0.05, 0.1) is 12.0 Å². The van der Waals surface area contributed by atoms with Crippen molar-refractivity contribution in [2.45, 2.75) is 38.3 Å². The van der Waals surface area contributed by atoms with Gasteiger partial charge in [-0.25, -0.2) is 13.6 Å². The maximum Gasteiger partial charge on any atom is 0.407 e. The normalized spacial score (nSPS) is 21.4. The van der Waals surface area contributed by atoms with Gasteiger partial charge >= 0.3 is 6.09 Å². The highest BCUT2D eigenvalue weighted by Gasteiger charge is 2.48. The summed E-state index contributed by atoms with van der Waals surface area (Å²) in [6.07, 6.45) is -0.671. The van der Waals surface area contributed by atoms with Crippen molar-refractivity contribution in [1.29, 1.82) is 0 Å². The van der Waals surface area contributed by atoms with Crippen LogP contribution in [-0.2, 0) is 10.7 Å². The number of carbonyl (C=O) groups is 1. The second-order valence-corrected chi connectivity index (χ2v) is 6.51. The Bertz CT molecular complexity index is 521. The van der Waals surface area contributed by atoms with E-state index in [2.05, 4.69) is 10.6 Å². The van der Waals surface area contributed by atoms with Gasteiger partial charge in [-0.2, -0.15) is 0 Å². The molecular weight excluding hydrogens is 326 g/mol. The van der Waals surface area contributed by atoms with Crippen molar-refractivity contribution in [3.63, 3.8) is 0 Å². The fourth-order valence-corrected chi connectivity index (χ4v) is 2.54. The molecule has 1 aliphatic heterocycles. The molecule has 0 bridgehead atoms. The summed E-state index contributed by atoms with van der Waals surface area (Å²) in [7, 11) is 0. The van der Waals surface area contributed by atoms with Gasteiger partial charge in [0.25, 0.3) is 5.92 Å². The number of ether oxygens (including phenoxy) is 1. The number of nitrogens with one attached hydrogen (secondary N) is 2. The van der Waals surface area contributed by atoms with E-state index in [4.69, 9.17) is 4.74 Å². The molecule has 0 saturated carbocycles. The fraction of sp³-hybridized carbons (Fsp3) is 0.562. The van der Waals surface area contributed by atoms with Crippen molar-refractivity contribution in [2.24, 2.45) is 5.92 Å². The van der Waals surface area contributed by atoms with Crippen LogP contribution in [0.5, 0.6) is 0 Å². The van der Waals surface area contributed by atoms with Crippen LogP contribution in [0.3, 0.4) is 0 Å². The first-order chi connectivity index (χ1) is 10.2. The molecule has 1 saturated heterocycles. The highest BCUT2D eigenvalue weighted by molar-refractivity contribution is 5.85. The van der Waals surface area contributed by atoms with Gasteiger partial charge in [-0.05, 0) is 20.8 Å². The van der Waals surface area contributed by atoms with E-state index in [1.807, 2.05) is 0 Å². The van der Waals surface area contributed by atoms with Gasteiger partial charge < -0.3 is 15.4 Å². The van der Waals surface area contributed by atoms with E-state index in [9.17, 15) is 13.6 Å². The molecule has 0 aliphatic carbocycles. The van der Waals surface area contributed by atoms with Crippen molar-refractivity contribution in [2.75, 3.05) is 13.1 Å². The number of benzene rings is 1. The number of rotatable bonds is 3. The standard InChI is InChI=1S/C16H22F2N2O2.ClH/c1-15(2,3)22-14(21)20-13-10-19-9-12(13)16(17,18)11-7-5-4-6-8-11;/h4-8,12-13,19H,9-10H2,1-3H3,(H,20,21);1H/t12-,13-;/m1./s1. The van der Waals surface area contributed by atoms with Crippen LogP contribution in [0.2, 0.25) is 0 Å². The lowest BCUT2D eigenvalue weighted by Crippen LogP contribution is -2.47. The minimum atomic E-state index is -3.02. The first-order valence-corrected chi connectivity index (χ1v) is 7.34. The molecule has 1 aromatic carbocycles. The predicted molar refractivity (Wildman–Crippen MR) is 87.1 cm³/mol. The molecule has 1 amide bonds. The summed E-state index contributed by atoms with van der Waals surface area (Å²) in [5.41, 5.74) is -0.701. The van der Waals surface area contributed by atoms with Gasteiger partial charge in [0, 0.05) is 18.7 Å². The second-order valence-electron chi connectivity index (χ2n) is 6.51. The first kappa shape index (κ1) is 19.6. The second kappa shape index (κ2) is 7.45. The number of halogens is 3. The number of amides is 1. The van der Waals surface area contributed by atoms with Crippen molar-refractivity contribution in [1.82, 2.24) is 10.6 Å². The first-order valence-electron chi connectivity index (χ1n) is 7.34. The smallest absolute Gasteiger partial charge is 0.407 e. The Morgan fingerprint density at radius 1 is 1.22 bits per heavy atom. The zero-order valence-corrected chi connectivity index (χ0v) is 14.3. The van der Waals surface area contributed by atoms with E-state index < -0.39 is 29.6 Å². The summed E-state index contributed by atoms with van der Waals surface area (Å²) in [4.78, 5) is 11.8. The van der Waals surface area contributed by atoms with Crippen molar-refractivity contribution in [3.8, 4) is 0 Å². The molecule has 1 aromatic rings. The molecule has 0 radical (unpaired) electrons. The quantitative estimate of drug-likeness (QED) is 0.881. The fourth-order valence-electron chi connectivity index (χ4n) is 2.54. The Kier molecular flexibility index (Phi) is 6.36. The van der Waals surface area contributed by atoms with Crippen LogP contribution in [0.15, 0.2) is 30.3 Å². The number of alkyl halides is 2. The summed E-state index contributed by atoms with van der Waals surface area (Å²) < 4.78 is 34.5. The summed E-state index contributed by atoms with van der Waals surface area (Å²) >= 11 is 0. The molecule has 0 unspecified atom stereocenters. The lowest BCUT2D eigenvalue weighted by Gasteiger charge is -2.29. The number of alkyl carbamates (subject to hydrolysis) is 1. The van der Waals surface area contributed by atoms with E-state index in [0.717, 1.165) is 0 Å². The number of hydrogen-bond donors (Lipinski definition) is 2. The van der Waals surface area contributed by atoms with Gasteiger partial charge in [0.1, 0.15) is 5.60 Å². The molecule has 1 fully saturated rings. The SMILES string of the molecule is CC(C)(C)OC(=O)N[C@@H]1CNC[C@H]1C(F)(F)c1ccccc1.Cl. The van der Waals surface area contributed by atoms with Gasteiger partial charge in [0.2, 0.25) is 0 Å². The minimum absolute atomic E-state index is 0. The van der Waals surface area contributed by atoms with Gasteiger partial charge in [-0.15, -0.1) is 12.4 Å². The van der Waals surface area contributed by atoms with E-state index in [-0.39, 0.29) is 24.5 Å². The molecule has 1 aliphatic rings. The van der Waals surface area contributed by atoms with Crippen molar-refractivity contribution >= 4 is 18.5 Å². The molecule has 23 heavy (non-hydrogen) atoms. The van der Waals surface area contributed by atoms with E-state index in [1.54, 1.807) is 39.0 Å². The van der Waals surface area contributed by atoms with E-state index in [1.165, 1.54) is 12.1 Å². The molecule has 2 atom stereocenters. The van der Waals surface area contributed by atoms with Crippen molar-refractivity contribution < 1.29 is 18.3 Å². The highest BCUT2D eigenvalue weighted by Crippen LogP contribution is 2.39. The Balaban J connectivity index is 0.00000264. The number of hydrogen-bond acceptors (Lipinski definition) is 3. The van der Waals surface area contributed by atoms with Crippen LogP contribution < -0.4 is 10.6 Å². The van der Waals surface area contributed by atoms with Gasteiger partial charge in [0.15, 0.2) is 0 Å². The van der Waals surface area contributed by atoms with Crippen LogP contribution >= 0.6 is 12.4 Å². The Labute approximate surface area is 141 Å². The zero-order valence-electron chi connectivity index (χ0n) is 13.4. The Hall–Kier alpha value is -1.40. The molecule has 0 spiro atoms. The van der Waals surface area contributed by atoms with Crippen LogP contribution in [0.25, 0.3) is 0 Å². The minimum Gasteiger partial charge on any atom is -0.444 e. The molecular formula is C16H23ClF2N2O2. The van der Waals surface area contributed by atoms with Crippen LogP contribution in [0.4, 0.5) is 13.6 Å². The molecule has 130 valence electrons. The summed E-state index contributed by atoms with van der Waals surface area (Å²) in [6.45, 7) is 5.63. The monoisotopic (exact) mass is 348 g/mol. The molecule has 1 heterocycles. The molecule has 7 heteroatoms. The third kappa shape index (κ3) is 5.04. The molecule has 0 aromatic heterocycles. The van der Waals surface area contributed by atoms with Crippen LogP contribution in [0.1, 0.15) is 26.3 Å². The molecule has 4 nitrogen and oxygen atoms in total. The predicted octanol–water partition coefficient (Wildman–Crippen LogP) is 3.31. The van der Waals surface area contributed by atoms with E-state index in [0.29, 0.717) is 6.54 Å². The lowest BCUT2D eigenvalue weighted by molar-refractivity contribution is -0.0662. The number of carbonyl (C=O) groups excluding carboxylic acids is 1. The largest absolute Gasteiger partial charge is 0.444 e. The topological polar surface area (TPSA) is 50.4 Å². The lowest BCUT2D eigenvalue weighted by atomic mass is 9.90. The third-order valence-electron chi connectivity index (χ3n) is 3.54. The maximum atomic E-state index is 14.7. The van der Waals surface area contributed by atoms with Gasteiger partial charge in [-0.3, -0.25) is 0 Å². The third-order valence-corrected chi connectivity index (χ3v) is 3.54. The zero-order chi connectivity index (χ0) is 16.4. The maximum absolute atomic E-state index is 14.7. The molecule has 2 N–H and O–H groups in total. The van der Waals surface area contributed by atoms with E-state index >= 15 is 0 Å². The van der Waals surface area contributed by atoms with Gasteiger partial charge in [-0.1, -0.05) is 30.3 Å². The molecule has 2 rings (SSSR count). The summed E-state index contributed by atoms with van der Waals surface area (Å²) in [6, 6.07) is 7.00. The average Bonchev–Trinajstić information content (AvgIpc) is 2.86. The Morgan fingerprint density at radius 3 is 2.39 bits per heavy atom. The average molecular weight is 349 g/mol. The van der Waals surface area contributed by atoms with Crippen LogP contribution in [0, 0.1) is 5.92 Å². The summed E-state index contributed by atoms with van der Waals surface area (Å²) in [5.74, 6) is -4.04. The summed E-state index contributed by atoms with van der Waals surface area (Å²) in [5, 5.41) is 5.47.